The van der Waals surface area contributed by atoms with Gasteiger partial charge in [0.2, 0.25) is 0 Å². The normalized spacial score (nSPS) is 21.8. The minimum absolute atomic E-state index is 0.198. The Morgan fingerprint density at radius 3 is 1.88 bits per heavy atom. The van der Waals surface area contributed by atoms with E-state index in [1.807, 2.05) is 48.6 Å². The number of carbonyl (C=O) groups is 1. The summed E-state index contributed by atoms with van der Waals surface area (Å²) in [6.07, 6.45) is 18.2. The van der Waals surface area contributed by atoms with E-state index in [2.05, 4.69) is 26.5 Å². The van der Waals surface area contributed by atoms with Gasteiger partial charge in [0, 0.05) is 12.5 Å². The lowest BCUT2D eigenvalue weighted by atomic mass is 9.99. The van der Waals surface area contributed by atoms with Crippen LogP contribution in [0.5, 0.6) is 0 Å². The number of allylic oxidation sites excluding steroid dienone is 12. The number of carbonyl (C=O) groups excluding carboxylic acids is 1. The van der Waals surface area contributed by atoms with Gasteiger partial charge in [0.1, 0.15) is 6.10 Å². The van der Waals surface area contributed by atoms with Gasteiger partial charge in [0.05, 0.1) is 47.0 Å². The molecule has 0 aliphatic carbocycles. The molecule has 1 atom stereocenters. The molecule has 6 nitrogen and oxygen atoms in total. The zero-order valence-electron chi connectivity index (χ0n) is 18.7. The molecular formula is C26H20N4O2. The highest BCUT2D eigenvalue weighted by atomic mass is 16.5. The van der Waals surface area contributed by atoms with Gasteiger partial charge in [-0.2, -0.15) is 0 Å². The molecule has 0 aromatic carbocycles. The van der Waals surface area contributed by atoms with E-state index in [1.165, 1.54) is 6.92 Å². The highest BCUT2D eigenvalue weighted by Gasteiger charge is 2.23. The molecule has 5 rings (SSSR count). The van der Waals surface area contributed by atoms with Crippen LogP contribution < -0.4 is 0 Å². The standard InChI is InChI=1S/C26H20N4O2/c1-15(16(2)32-17(3)31)25-13-24-12-22-7-6-20(28-22)10-18-4-5-19(27-18)11-21-8-9-23(29-21)14-26(25)30-24/h4-14,16H,1H2,2-3H3/i13D. The van der Waals surface area contributed by atoms with Gasteiger partial charge >= 0.3 is 5.97 Å². The molecule has 32 heavy (non-hydrogen) atoms. The molecule has 156 valence electrons. The van der Waals surface area contributed by atoms with Gasteiger partial charge in [0.15, 0.2) is 0 Å². The van der Waals surface area contributed by atoms with Crippen molar-refractivity contribution in [2.24, 2.45) is 20.0 Å². The van der Waals surface area contributed by atoms with Crippen molar-refractivity contribution in [1.29, 1.82) is 0 Å². The van der Waals surface area contributed by atoms with Crippen LogP contribution in [0.1, 0.15) is 15.2 Å². The predicted molar refractivity (Wildman–Crippen MR) is 128 cm³/mol. The number of aliphatic imine (C=N–C) groups is 4. The third kappa shape index (κ3) is 4.03. The Morgan fingerprint density at radius 2 is 1.34 bits per heavy atom. The summed E-state index contributed by atoms with van der Waals surface area (Å²) in [5.41, 5.74) is 6.55. The van der Waals surface area contributed by atoms with E-state index in [-0.39, 0.29) is 6.05 Å². The summed E-state index contributed by atoms with van der Waals surface area (Å²) < 4.78 is 14.1. The number of hydrogen-bond donors (Lipinski definition) is 0. The molecule has 0 fully saturated rings. The summed E-state index contributed by atoms with van der Waals surface area (Å²) >= 11 is 0. The first-order chi connectivity index (χ1) is 15.9. The molecule has 0 radical (unpaired) electrons. The van der Waals surface area contributed by atoms with Gasteiger partial charge in [-0.05, 0) is 79.3 Å². The summed E-state index contributed by atoms with van der Waals surface area (Å²) in [6.45, 7) is 7.18. The third-order valence-corrected chi connectivity index (χ3v) is 5.11. The van der Waals surface area contributed by atoms with E-state index < -0.39 is 12.1 Å². The lowest BCUT2D eigenvalue weighted by molar-refractivity contribution is -0.143. The van der Waals surface area contributed by atoms with Crippen LogP contribution in [-0.2, 0) is 9.53 Å². The Kier molecular flexibility index (Phi) is 4.53. The highest BCUT2D eigenvalue weighted by molar-refractivity contribution is 6.15. The molecule has 8 bridgehead atoms. The Morgan fingerprint density at radius 1 is 0.844 bits per heavy atom. The minimum Gasteiger partial charge on any atom is -0.458 e. The number of esters is 1. The van der Waals surface area contributed by atoms with Crippen molar-refractivity contribution < 1.29 is 10.9 Å². The van der Waals surface area contributed by atoms with Crippen molar-refractivity contribution in [3.63, 3.8) is 0 Å². The maximum Gasteiger partial charge on any atom is 0.303 e. The molecule has 0 saturated heterocycles. The Labute approximate surface area is 187 Å². The van der Waals surface area contributed by atoms with E-state index in [9.17, 15) is 4.79 Å². The quantitative estimate of drug-likeness (QED) is 0.631. The first-order valence-corrected chi connectivity index (χ1v) is 10.2. The summed E-state index contributed by atoms with van der Waals surface area (Å²) in [7, 11) is 0. The predicted octanol–water partition coefficient (Wildman–Crippen LogP) is 4.46. The monoisotopic (exact) mass is 421 g/mol. The fourth-order valence-corrected chi connectivity index (χ4v) is 3.60. The molecule has 0 amide bonds. The number of rotatable bonds is 3. The SMILES string of the molecule is [2H]C1=C(C(=C)C(C)OC(C)=O)C2=CC3=NC(=CC4=NC(=CC5=NC(=CC1=N2)C=C5)C=C4)C=C3. The molecule has 0 aromatic rings. The lowest BCUT2D eigenvalue weighted by Crippen LogP contribution is -2.16. The zero-order valence-corrected chi connectivity index (χ0v) is 17.7. The topological polar surface area (TPSA) is 75.7 Å². The smallest absolute Gasteiger partial charge is 0.303 e. The molecule has 6 heteroatoms. The molecular weight excluding hydrogens is 400 g/mol. The van der Waals surface area contributed by atoms with Crippen molar-refractivity contribution in [3.05, 3.63) is 107 Å². The molecule has 5 heterocycles. The van der Waals surface area contributed by atoms with Gasteiger partial charge in [-0.1, -0.05) is 6.58 Å². The zero-order chi connectivity index (χ0) is 23.1. The number of hydrogen-bond acceptors (Lipinski definition) is 6. The average Bonchev–Trinajstić information content (AvgIpc) is 3.53. The number of ether oxygens (including phenoxy) is 1. The van der Waals surface area contributed by atoms with Crippen molar-refractivity contribution in [3.8, 4) is 0 Å². The van der Waals surface area contributed by atoms with Crippen LogP contribution in [0.3, 0.4) is 0 Å². The number of nitrogens with zero attached hydrogens (tertiary/aromatic N) is 4. The Bertz CT molecular complexity index is 1380. The van der Waals surface area contributed by atoms with Crippen LogP contribution in [0, 0.1) is 0 Å². The van der Waals surface area contributed by atoms with Gasteiger partial charge in [-0.25, -0.2) is 20.0 Å². The summed E-state index contributed by atoms with van der Waals surface area (Å²) in [4.78, 5) is 30.0. The molecule has 0 spiro atoms. The largest absolute Gasteiger partial charge is 0.458 e. The van der Waals surface area contributed by atoms with E-state index >= 15 is 0 Å². The molecule has 0 aromatic heterocycles. The van der Waals surface area contributed by atoms with Gasteiger partial charge in [0.25, 0.3) is 0 Å². The summed E-state index contributed by atoms with van der Waals surface area (Å²) in [5.74, 6) is -0.413. The van der Waals surface area contributed by atoms with Crippen molar-refractivity contribution in [2.75, 3.05) is 0 Å². The van der Waals surface area contributed by atoms with Crippen molar-refractivity contribution in [2.45, 2.75) is 20.0 Å². The summed E-state index contributed by atoms with van der Waals surface area (Å²) in [6, 6.07) is 0.198. The van der Waals surface area contributed by atoms with Crippen LogP contribution in [0.25, 0.3) is 0 Å². The second-order valence-electron chi connectivity index (χ2n) is 7.62. The molecule has 0 N–H and O–H groups in total. The van der Waals surface area contributed by atoms with E-state index in [1.54, 1.807) is 19.1 Å². The average molecular weight is 421 g/mol. The molecule has 0 saturated carbocycles. The summed E-state index contributed by atoms with van der Waals surface area (Å²) in [5, 5.41) is 0. The maximum atomic E-state index is 11.5. The van der Waals surface area contributed by atoms with Crippen molar-refractivity contribution >= 4 is 28.8 Å². The molecule has 1 unspecified atom stereocenters. The van der Waals surface area contributed by atoms with Crippen LogP contribution in [0.2, 0.25) is 0 Å². The second kappa shape index (κ2) is 7.81. The van der Waals surface area contributed by atoms with Crippen LogP contribution in [-0.4, -0.2) is 34.9 Å². The van der Waals surface area contributed by atoms with Crippen LogP contribution >= 0.6 is 0 Å². The fraction of sp³-hybridized carbons (Fsp3) is 0.115. The minimum atomic E-state index is -0.600. The fourth-order valence-electron chi connectivity index (χ4n) is 3.60. The highest BCUT2D eigenvalue weighted by Crippen LogP contribution is 2.30. The first kappa shape index (κ1) is 18.6. The first-order valence-electron chi connectivity index (χ1n) is 10.7. The molecule has 5 aliphatic heterocycles. The van der Waals surface area contributed by atoms with E-state index in [0.717, 1.165) is 22.8 Å². The Balaban J connectivity index is 1.63. The van der Waals surface area contributed by atoms with Crippen molar-refractivity contribution in [1.82, 2.24) is 0 Å². The van der Waals surface area contributed by atoms with Gasteiger partial charge in [-0.3, -0.25) is 4.79 Å². The second-order valence-corrected chi connectivity index (χ2v) is 7.62. The third-order valence-electron chi connectivity index (χ3n) is 5.11. The van der Waals surface area contributed by atoms with E-state index in [4.69, 9.17) is 6.11 Å². The lowest BCUT2D eigenvalue weighted by Gasteiger charge is -2.16. The van der Waals surface area contributed by atoms with Gasteiger partial charge < -0.3 is 4.74 Å². The van der Waals surface area contributed by atoms with Crippen LogP contribution in [0.15, 0.2) is 127 Å². The van der Waals surface area contributed by atoms with E-state index in [0.29, 0.717) is 34.0 Å². The number of fused-ring (bicyclic) bond motifs is 4. The van der Waals surface area contributed by atoms with Crippen LogP contribution in [0.4, 0.5) is 0 Å². The Hall–Kier alpha value is -4.19. The van der Waals surface area contributed by atoms with Gasteiger partial charge in [-0.15, -0.1) is 0 Å². The molecule has 5 aliphatic rings. The maximum absolute atomic E-state index is 11.5.